The molecular weight excluding hydrogens is 283 g/mol. The molecule has 1 aromatic carbocycles. The highest BCUT2D eigenvalue weighted by Crippen LogP contribution is 2.42. The minimum atomic E-state index is -3.70. The molecule has 0 aliphatic carbocycles. The Morgan fingerprint density at radius 2 is 1.71 bits per heavy atom. The van der Waals surface area contributed by atoms with Crippen molar-refractivity contribution >= 4 is 12.9 Å². The van der Waals surface area contributed by atoms with Gasteiger partial charge in [0.05, 0.1) is 11.9 Å². The van der Waals surface area contributed by atoms with Crippen LogP contribution < -0.4 is 5.30 Å². The van der Waals surface area contributed by atoms with Crippen molar-refractivity contribution in [3.8, 4) is 0 Å². The summed E-state index contributed by atoms with van der Waals surface area (Å²) >= 11 is 0. The summed E-state index contributed by atoms with van der Waals surface area (Å²) in [5.74, 6) is 0. The highest BCUT2D eigenvalue weighted by molar-refractivity contribution is 7.61. The standard InChI is InChI=1S/C17H29O3P/c1-4-7-10-15-11-9-13-17(16(15)12-8-5-2)21(18,19)20-14-6-3/h9,11,13H,4-8,10,12,14H2,1-3H3,(H,18,19). The zero-order chi connectivity index (χ0) is 15.7. The van der Waals surface area contributed by atoms with E-state index in [0.717, 1.165) is 50.5 Å². The number of aryl methyl sites for hydroxylation is 1. The summed E-state index contributed by atoms with van der Waals surface area (Å²) in [7, 11) is -3.70. The van der Waals surface area contributed by atoms with Crippen molar-refractivity contribution in [3.05, 3.63) is 29.3 Å². The van der Waals surface area contributed by atoms with Crippen molar-refractivity contribution in [1.82, 2.24) is 0 Å². The molecule has 0 heterocycles. The summed E-state index contributed by atoms with van der Waals surface area (Å²) < 4.78 is 17.8. The van der Waals surface area contributed by atoms with Crippen molar-refractivity contribution in [2.24, 2.45) is 0 Å². The van der Waals surface area contributed by atoms with E-state index < -0.39 is 7.60 Å². The van der Waals surface area contributed by atoms with E-state index in [9.17, 15) is 9.46 Å². The largest absolute Gasteiger partial charge is 0.359 e. The Hall–Kier alpha value is -0.630. The predicted molar refractivity (Wildman–Crippen MR) is 89.4 cm³/mol. The number of benzene rings is 1. The van der Waals surface area contributed by atoms with E-state index in [4.69, 9.17) is 4.52 Å². The van der Waals surface area contributed by atoms with Crippen molar-refractivity contribution in [2.75, 3.05) is 6.61 Å². The average Bonchev–Trinajstić information content (AvgIpc) is 2.49. The molecule has 0 bridgehead atoms. The van der Waals surface area contributed by atoms with Gasteiger partial charge in [0.15, 0.2) is 0 Å². The number of hydrogen-bond acceptors (Lipinski definition) is 2. The fourth-order valence-corrected chi connectivity index (χ4v) is 3.85. The zero-order valence-electron chi connectivity index (χ0n) is 13.6. The van der Waals surface area contributed by atoms with Crippen LogP contribution >= 0.6 is 7.60 Å². The van der Waals surface area contributed by atoms with Gasteiger partial charge in [-0.05, 0) is 49.3 Å². The number of rotatable bonds is 10. The maximum atomic E-state index is 12.5. The predicted octanol–water partition coefficient (Wildman–Crippen LogP) is 4.61. The van der Waals surface area contributed by atoms with Crippen LogP contribution in [0.3, 0.4) is 0 Å². The van der Waals surface area contributed by atoms with Crippen LogP contribution in [0, 0.1) is 0 Å². The van der Waals surface area contributed by atoms with Gasteiger partial charge in [0.1, 0.15) is 0 Å². The lowest BCUT2D eigenvalue weighted by Crippen LogP contribution is -2.16. The molecule has 1 aromatic rings. The summed E-state index contributed by atoms with van der Waals surface area (Å²) in [4.78, 5) is 10.3. The number of unbranched alkanes of at least 4 members (excludes halogenated alkanes) is 2. The highest BCUT2D eigenvalue weighted by Gasteiger charge is 2.26. The third-order valence-electron chi connectivity index (χ3n) is 3.60. The molecule has 0 radical (unpaired) electrons. The van der Waals surface area contributed by atoms with E-state index in [0.29, 0.717) is 11.9 Å². The molecule has 4 heteroatoms. The molecule has 120 valence electrons. The van der Waals surface area contributed by atoms with Gasteiger partial charge in [0.2, 0.25) is 0 Å². The Morgan fingerprint density at radius 3 is 2.33 bits per heavy atom. The van der Waals surface area contributed by atoms with Gasteiger partial charge in [-0.1, -0.05) is 45.7 Å². The topological polar surface area (TPSA) is 46.5 Å². The third kappa shape index (κ3) is 5.58. The minimum absolute atomic E-state index is 0.320. The Morgan fingerprint density at radius 1 is 1.05 bits per heavy atom. The molecule has 21 heavy (non-hydrogen) atoms. The molecule has 1 rings (SSSR count). The van der Waals surface area contributed by atoms with Gasteiger partial charge in [-0.25, -0.2) is 0 Å². The summed E-state index contributed by atoms with van der Waals surface area (Å²) in [6, 6.07) is 5.73. The monoisotopic (exact) mass is 312 g/mol. The first kappa shape index (κ1) is 18.4. The van der Waals surface area contributed by atoms with E-state index in [2.05, 4.69) is 19.9 Å². The second-order valence-corrected chi connectivity index (χ2v) is 7.26. The van der Waals surface area contributed by atoms with Crippen LogP contribution in [0.2, 0.25) is 0 Å². The molecule has 0 spiro atoms. The molecule has 0 fully saturated rings. The molecule has 0 aliphatic heterocycles. The first-order valence-corrected chi connectivity index (χ1v) is 9.73. The van der Waals surface area contributed by atoms with Crippen molar-refractivity contribution in [3.63, 3.8) is 0 Å². The second kappa shape index (κ2) is 9.40. The van der Waals surface area contributed by atoms with Gasteiger partial charge in [-0.15, -0.1) is 0 Å². The van der Waals surface area contributed by atoms with E-state index in [1.165, 1.54) is 5.56 Å². The van der Waals surface area contributed by atoms with Crippen LogP contribution in [0.4, 0.5) is 0 Å². The molecule has 0 saturated heterocycles. The minimum Gasteiger partial charge on any atom is -0.321 e. The van der Waals surface area contributed by atoms with E-state index in [-0.39, 0.29) is 0 Å². The van der Waals surface area contributed by atoms with E-state index in [1.54, 1.807) is 6.07 Å². The Balaban J connectivity index is 3.13. The van der Waals surface area contributed by atoms with Gasteiger partial charge in [0.25, 0.3) is 0 Å². The van der Waals surface area contributed by atoms with Gasteiger partial charge < -0.3 is 9.42 Å². The quantitative estimate of drug-likeness (QED) is 0.642. The fraction of sp³-hybridized carbons (Fsp3) is 0.647. The van der Waals surface area contributed by atoms with Crippen LogP contribution in [-0.4, -0.2) is 11.5 Å². The second-order valence-electron chi connectivity index (χ2n) is 5.48. The van der Waals surface area contributed by atoms with Crippen molar-refractivity contribution in [2.45, 2.75) is 65.7 Å². The lowest BCUT2D eigenvalue weighted by molar-refractivity contribution is 0.269. The van der Waals surface area contributed by atoms with Crippen LogP contribution in [0.25, 0.3) is 0 Å². The van der Waals surface area contributed by atoms with Crippen molar-refractivity contribution in [1.29, 1.82) is 0 Å². The maximum absolute atomic E-state index is 12.5. The Bertz CT molecular complexity index is 471. The lowest BCUT2D eigenvalue weighted by Gasteiger charge is -2.19. The van der Waals surface area contributed by atoms with Crippen LogP contribution in [0.5, 0.6) is 0 Å². The Labute approximate surface area is 129 Å². The number of hydrogen-bond donors (Lipinski definition) is 1. The van der Waals surface area contributed by atoms with Gasteiger partial charge in [-0.3, -0.25) is 4.57 Å². The van der Waals surface area contributed by atoms with Gasteiger partial charge >= 0.3 is 7.60 Å². The molecule has 1 N–H and O–H groups in total. The SMILES string of the molecule is CCCCc1cccc(P(=O)(O)OCCC)c1CCCC. The van der Waals surface area contributed by atoms with Crippen molar-refractivity contribution < 1.29 is 14.0 Å². The first-order chi connectivity index (χ1) is 10.1. The van der Waals surface area contributed by atoms with E-state index >= 15 is 0 Å². The first-order valence-electron chi connectivity index (χ1n) is 8.15. The molecule has 0 aliphatic rings. The van der Waals surface area contributed by atoms with E-state index in [1.807, 2.05) is 13.0 Å². The average molecular weight is 312 g/mol. The molecule has 0 aromatic heterocycles. The summed E-state index contributed by atoms with van der Waals surface area (Å²) in [5.41, 5.74) is 2.24. The van der Waals surface area contributed by atoms with Gasteiger partial charge in [-0.2, -0.15) is 0 Å². The molecule has 1 unspecified atom stereocenters. The normalized spacial score (nSPS) is 14.1. The lowest BCUT2D eigenvalue weighted by atomic mass is 9.98. The zero-order valence-corrected chi connectivity index (χ0v) is 14.5. The Kier molecular flexibility index (Phi) is 8.24. The molecule has 0 saturated carbocycles. The molecule has 0 amide bonds. The molecule has 1 atom stereocenters. The fourth-order valence-electron chi connectivity index (χ4n) is 2.41. The van der Waals surface area contributed by atoms with Crippen LogP contribution in [-0.2, 0) is 21.9 Å². The molecule has 3 nitrogen and oxygen atoms in total. The maximum Gasteiger partial charge on any atom is 0.359 e. The summed E-state index contributed by atoms with van der Waals surface area (Å²) in [6.45, 7) is 6.56. The third-order valence-corrected chi connectivity index (χ3v) is 5.16. The smallest absolute Gasteiger partial charge is 0.321 e. The molecular formula is C17H29O3P. The summed E-state index contributed by atoms with van der Waals surface area (Å²) in [5, 5.41) is 0.512. The highest BCUT2D eigenvalue weighted by atomic mass is 31.2. The summed E-state index contributed by atoms with van der Waals surface area (Å²) in [6.07, 6.45) is 6.90. The van der Waals surface area contributed by atoms with Crippen LogP contribution in [0.1, 0.15) is 64.0 Å². The van der Waals surface area contributed by atoms with Crippen LogP contribution in [0.15, 0.2) is 18.2 Å². The van der Waals surface area contributed by atoms with Gasteiger partial charge in [0, 0.05) is 0 Å².